The van der Waals surface area contributed by atoms with Gasteiger partial charge in [-0.1, -0.05) is 11.6 Å². The molecule has 0 fully saturated rings. The number of hydrogen-bond acceptors (Lipinski definition) is 5. The molecule has 0 spiro atoms. The number of carbonyl (C=O) groups is 1. The van der Waals surface area contributed by atoms with Crippen molar-refractivity contribution in [1.29, 1.82) is 0 Å². The summed E-state index contributed by atoms with van der Waals surface area (Å²) in [5.41, 5.74) is 4.63. The van der Waals surface area contributed by atoms with Gasteiger partial charge in [-0.05, 0) is 38.5 Å². The van der Waals surface area contributed by atoms with E-state index in [0.29, 0.717) is 12.1 Å². The number of nitrogens with one attached hydrogen (secondary N) is 2. The summed E-state index contributed by atoms with van der Waals surface area (Å²) in [5, 5.41) is 15.0. The lowest BCUT2D eigenvalue weighted by molar-refractivity contribution is 0.0957. The third-order valence-corrected chi connectivity index (χ3v) is 4.55. The van der Waals surface area contributed by atoms with Crippen LogP contribution in [0.15, 0.2) is 29.4 Å². The van der Waals surface area contributed by atoms with Gasteiger partial charge in [-0.2, -0.15) is 10.3 Å². The quantitative estimate of drug-likeness (QED) is 0.551. The summed E-state index contributed by atoms with van der Waals surface area (Å²) in [4.78, 5) is 17.2. The molecule has 0 aliphatic rings. The molecule has 1 amide bonds. The fourth-order valence-corrected chi connectivity index (χ4v) is 3.32. The molecule has 2 heterocycles. The van der Waals surface area contributed by atoms with E-state index in [4.69, 9.17) is 0 Å². The number of pyridine rings is 1. The van der Waals surface area contributed by atoms with Gasteiger partial charge in [-0.25, -0.2) is 0 Å². The third-order valence-electron chi connectivity index (χ3n) is 3.65. The van der Waals surface area contributed by atoms with Crippen LogP contribution in [0.3, 0.4) is 0 Å². The fourth-order valence-electron chi connectivity index (χ4n) is 2.67. The topological polar surface area (TPSA) is 83.6 Å². The molecule has 6 nitrogen and oxygen atoms in total. The van der Waals surface area contributed by atoms with Crippen LogP contribution in [0.5, 0.6) is 0 Å². The second-order valence-electron chi connectivity index (χ2n) is 5.70. The fraction of sp³-hybridized carbons (Fsp3) is 0.294. The summed E-state index contributed by atoms with van der Waals surface area (Å²) in [6.45, 7) is 6.53. The molecule has 1 aromatic carbocycles. The zero-order valence-electron chi connectivity index (χ0n) is 13.9. The Labute approximate surface area is 144 Å². The summed E-state index contributed by atoms with van der Waals surface area (Å²) < 4.78 is 0. The van der Waals surface area contributed by atoms with Gasteiger partial charge in [0, 0.05) is 23.4 Å². The largest absolute Gasteiger partial charge is 0.351 e. The molecule has 0 aliphatic carbocycles. The van der Waals surface area contributed by atoms with Gasteiger partial charge >= 0.3 is 0 Å². The molecule has 24 heavy (non-hydrogen) atoms. The Morgan fingerprint density at radius 1 is 1.25 bits per heavy atom. The predicted molar refractivity (Wildman–Crippen MR) is 95.4 cm³/mol. The van der Waals surface area contributed by atoms with Crippen molar-refractivity contribution in [3.63, 3.8) is 0 Å². The highest BCUT2D eigenvalue weighted by atomic mass is 32.2. The van der Waals surface area contributed by atoms with E-state index in [1.807, 2.05) is 32.9 Å². The van der Waals surface area contributed by atoms with Crippen molar-refractivity contribution in [3.05, 3.63) is 46.8 Å². The Morgan fingerprint density at radius 3 is 2.83 bits per heavy atom. The van der Waals surface area contributed by atoms with E-state index >= 15 is 0 Å². The lowest BCUT2D eigenvalue weighted by atomic mass is 10.0. The van der Waals surface area contributed by atoms with Crippen molar-refractivity contribution in [2.45, 2.75) is 25.8 Å². The molecule has 3 aromatic rings. The van der Waals surface area contributed by atoms with Gasteiger partial charge in [0.05, 0.1) is 17.3 Å². The second-order valence-corrected chi connectivity index (χ2v) is 6.82. The van der Waals surface area contributed by atoms with Gasteiger partial charge in [-0.3, -0.25) is 9.78 Å². The Kier molecular flexibility index (Phi) is 4.80. The number of hydrogen-bond donors (Lipinski definition) is 2. The molecule has 0 saturated heterocycles. The van der Waals surface area contributed by atoms with Crippen LogP contribution in [0.1, 0.15) is 27.2 Å². The van der Waals surface area contributed by atoms with E-state index in [9.17, 15) is 4.79 Å². The lowest BCUT2D eigenvalue weighted by Crippen LogP contribution is -2.26. The van der Waals surface area contributed by atoms with E-state index < -0.39 is 0 Å². The Balaban J connectivity index is 1.76. The van der Waals surface area contributed by atoms with Crippen molar-refractivity contribution in [1.82, 2.24) is 25.7 Å². The predicted octanol–water partition coefficient (Wildman–Crippen LogP) is 2.80. The van der Waals surface area contributed by atoms with Gasteiger partial charge in [0.2, 0.25) is 0 Å². The average Bonchev–Trinajstić information content (AvgIpc) is 3.05. The van der Waals surface area contributed by atoms with Crippen LogP contribution >= 0.6 is 11.8 Å². The maximum Gasteiger partial charge on any atom is 0.252 e. The van der Waals surface area contributed by atoms with E-state index in [1.165, 1.54) is 0 Å². The number of carbonyl (C=O) groups excluding carboxylic acids is 1. The van der Waals surface area contributed by atoms with Crippen molar-refractivity contribution in [3.8, 4) is 0 Å². The van der Waals surface area contributed by atoms with Crippen molar-refractivity contribution >= 4 is 28.6 Å². The summed E-state index contributed by atoms with van der Waals surface area (Å²) in [5.74, 6) is 0.662. The molecular weight excluding hydrogens is 322 g/mol. The molecule has 3 rings (SSSR count). The highest BCUT2D eigenvalue weighted by molar-refractivity contribution is 7.99. The molecule has 0 radical (unpaired) electrons. The molecule has 0 aliphatic heterocycles. The zero-order valence-corrected chi connectivity index (χ0v) is 14.7. The normalized spacial score (nSPS) is 11.0. The Bertz CT molecular complexity index is 876. The number of aromatic amines is 1. The molecule has 2 aromatic heterocycles. The minimum atomic E-state index is -0.0729. The second kappa shape index (κ2) is 7.00. The van der Waals surface area contributed by atoms with Crippen molar-refractivity contribution < 1.29 is 4.79 Å². The van der Waals surface area contributed by atoms with Crippen molar-refractivity contribution in [2.24, 2.45) is 0 Å². The van der Waals surface area contributed by atoms with Crippen LogP contribution in [0.2, 0.25) is 0 Å². The maximum absolute atomic E-state index is 12.6. The average molecular weight is 341 g/mol. The van der Waals surface area contributed by atoms with Crippen LogP contribution in [-0.2, 0) is 0 Å². The summed E-state index contributed by atoms with van der Waals surface area (Å²) in [7, 11) is 0. The molecule has 0 saturated carbocycles. The van der Waals surface area contributed by atoms with Gasteiger partial charge in [-0.15, -0.1) is 16.9 Å². The molecule has 0 atom stereocenters. The van der Waals surface area contributed by atoms with Crippen LogP contribution < -0.4 is 5.32 Å². The number of aryl methyl sites for hydroxylation is 3. The first-order chi connectivity index (χ1) is 11.5. The summed E-state index contributed by atoms with van der Waals surface area (Å²) in [6.07, 6.45) is 1.66. The smallest absolute Gasteiger partial charge is 0.252 e. The minimum absolute atomic E-state index is 0.0729. The highest BCUT2D eigenvalue weighted by Crippen LogP contribution is 2.23. The number of amides is 1. The zero-order chi connectivity index (χ0) is 17.1. The van der Waals surface area contributed by atoms with Gasteiger partial charge in [0.1, 0.15) is 5.03 Å². The van der Waals surface area contributed by atoms with Gasteiger partial charge in [0.25, 0.3) is 5.91 Å². The molecule has 0 unspecified atom stereocenters. The third kappa shape index (κ3) is 3.56. The van der Waals surface area contributed by atoms with E-state index in [-0.39, 0.29) is 5.91 Å². The van der Waals surface area contributed by atoms with Crippen LogP contribution in [0, 0.1) is 20.8 Å². The number of fused-ring (bicyclic) bond motifs is 1. The Hall–Kier alpha value is -2.41. The Morgan fingerprint density at radius 2 is 2.08 bits per heavy atom. The molecule has 124 valence electrons. The monoisotopic (exact) mass is 341 g/mol. The summed E-state index contributed by atoms with van der Waals surface area (Å²) >= 11 is 1.54. The number of aromatic nitrogens is 4. The molecule has 2 N–H and O–H groups in total. The SMILES string of the molecule is Cc1cc(C)c2nc(C)cc(C(=O)NCCSc3cn[nH]n3)c2c1. The van der Waals surface area contributed by atoms with Gasteiger partial charge in [0.15, 0.2) is 0 Å². The maximum atomic E-state index is 12.6. The molecule has 0 bridgehead atoms. The van der Waals surface area contributed by atoms with Gasteiger partial charge < -0.3 is 5.32 Å². The van der Waals surface area contributed by atoms with Crippen molar-refractivity contribution in [2.75, 3.05) is 12.3 Å². The van der Waals surface area contributed by atoms with Crippen LogP contribution in [0.4, 0.5) is 0 Å². The van der Waals surface area contributed by atoms with E-state index in [1.54, 1.807) is 18.0 Å². The summed E-state index contributed by atoms with van der Waals surface area (Å²) in [6, 6.07) is 5.96. The van der Waals surface area contributed by atoms with E-state index in [2.05, 4.69) is 31.8 Å². The number of nitrogens with zero attached hydrogens (tertiary/aromatic N) is 3. The first kappa shape index (κ1) is 16.4. The highest BCUT2D eigenvalue weighted by Gasteiger charge is 2.13. The number of H-pyrrole nitrogens is 1. The van der Waals surface area contributed by atoms with Crippen LogP contribution in [0.25, 0.3) is 10.9 Å². The standard InChI is InChI=1S/C17H19N5OS/c1-10-6-11(2)16-13(7-10)14(8-12(3)20-16)17(23)18-4-5-24-15-9-19-22-21-15/h6-9H,4-5H2,1-3H3,(H,18,23)(H,19,21,22). The first-order valence-corrected chi connectivity index (χ1v) is 8.68. The molecule has 7 heteroatoms. The number of benzene rings is 1. The molecular formula is C17H19N5OS. The number of thioether (sulfide) groups is 1. The van der Waals surface area contributed by atoms with Crippen LogP contribution in [-0.4, -0.2) is 38.6 Å². The van der Waals surface area contributed by atoms with E-state index in [0.717, 1.165) is 38.5 Å². The number of rotatable bonds is 5. The lowest BCUT2D eigenvalue weighted by Gasteiger charge is -2.11. The first-order valence-electron chi connectivity index (χ1n) is 7.70. The minimum Gasteiger partial charge on any atom is -0.351 e.